The van der Waals surface area contributed by atoms with E-state index < -0.39 is 6.03 Å². The molecule has 26 heavy (non-hydrogen) atoms. The SMILES string of the molecule is C#CN1CCC(Cc2ccccc2)CC1.Cc1cc(NC(N)=O)ccn1. The molecule has 0 spiro atoms. The number of hydrogen-bond donors (Lipinski definition) is 2. The molecule has 1 aromatic carbocycles. The van der Waals surface area contributed by atoms with Crippen LogP contribution in [-0.4, -0.2) is 29.0 Å². The lowest BCUT2D eigenvalue weighted by Gasteiger charge is -2.29. The summed E-state index contributed by atoms with van der Waals surface area (Å²) in [5.41, 5.74) is 7.87. The zero-order valence-corrected chi connectivity index (χ0v) is 15.2. The van der Waals surface area contributed by atoms with Gasteiger partial charge in [0.05, 0.1) is 0 Å². The van der Waals surface area contributed by atoms with Crippen molar-refractivity contribution in [2.75, 3.05) is 18.4 Å². The quantitative estimate of drug-likeness (QED) is 0.833. The fraction of sp³-hybridized carbons (Fsp3) is 0.333. The molecule has 1 aliphatic rings. The van der Waals surface area contributed by atoms with E-state index in [4.69, 9.17) is 12.2 Å². The third-order valence-electron chi connectivity index (χ3n) is 4.33. The molecule has 1 fully saturated rings. The number of rotatable bonds is 3. The van der Waals surface area contributed by atoms with E-state index in [0.29, 0.717) is 5.69 Å². The zero-order chi connectivity index (χ0) is 18.8. The molecule has 2 heterocycles. The van der Waals surface area contributed by atoms with Crippen LogP contribution in [0.1, 0.15) is 24.1 Å². The number of nitrogens with two attached hydrogens (primary N) is 1. The lowest BCUT2D eigenvalue weighted by atomic mass is 9.90. The van der Waals surface area contributed by atoms with Gasteiger partial charge in [0.15, 0.2) is 0 Å². The smallest absolute Gasteiger partial charge is 0.316 e. The Morgan fingerprint density at radius 2 is 2.00 bits per heavy atom. The van der Waals surface area contributed by atoms with Gasteiger partial charge in [-0.05, 0) is 49.8 Å². The molecular formula is C21H26N4O. The van der Waals surface area contributed by atoms with Crippen LogP contribution in [-0.2, 0) is 6.42 Å². The molecule has 5 heteroatoms. The van der Waals surface area contributed by atoms with E-state index in [1.807, 2.05) is 6.92 Å². The van der Waals surface area contributed by atoms with Gasteiger partial charge in [-0.2, -0.15) is 0 Å². The Balaban J connectivity index is 0.000000197. The number of nitrogens with one attached hydrogen (secondary N) is 1. The number of aromatic nitrogens is 1. The number of carbonyl (C=O) groups is 1. The molecule has 136 valence electrons. The highest BCUT2D eigenvalue weighted by Gasteiger charge is 2.17. The van der Waals surface area contributed by atoms with Crippen molar-refractivity contribution < 1.29 is 4.79 Å². The molecule has 0 atom stereocenters. The molecule has 3 rings (SSSR count). The number of amides is 2. The highest BCUT2D eigenvalue weighted by Crippen LogP contribution is 2.20. The van der Waals surface area contributed by atoms with E-state index in [1.54, 1.807) is 18.3 Å². The summed E-state index contributed by atoms with van der Waals surface area (Å²) in [6.07, 6.45) is 10.7. The summed E-state index contributed by atoms with van der Waals surface area (Å²) < 4.78 is 0. The van der Waals surface area contributed by atoms with Crippen LogP contribution in [0.3, 0.4) is 0 Å². The van der Waals surface area contributed by atoms with Crippen molar-refractivity contribution in [2.24, 2.45) is 11.7 Å². The Kier molecular flexibility index (Phi) is 7.50. The van der Waals surface area contributed by atoms with Crippen molar-refractivity contribution >= 4 is 11.7 Å². The first-order valence-corrected chi connectivity index (χ1v) is 8.81. The Morgan fingerprint density at radius 3 is 2.58 bits per heavy atom. The summed E-state index contributed by atoms with van der Waals surface area (Å²) in [7, 11) is 0. The average molecular weight is 350 g/mol. The van der Waals surface area contributed by atoms with E-state index in [9.17, 15) is 4.79 Å². The van der Waals surface area contributed by atoms with E-state index >= 15 is 0 Å². The molecule has 0 aliphatic carbocycles. The fourth-order valence-electron chi connectivity index (χ4n) is 2.98. The van der Waals surface area contributed by atoms with Crippen LogP contribution in [0.2, 0.25) is 0 Å². The predicted molar refractivity (Wildman–Crippen MR) is 105 cm³/mol. The summed E-state index contributed by atoms with van der Waals surface area (Å²) in [5, 5.41) is 2.44. The predicted octanol–water partition coefficient (Wildman–Crippen LogP) is 3.41. The summed E-state index contributed by atoms with van der Waals surface area (Å²) >= 11 is 0. The van der Waals surface area contributed by atoms with Crippen LogP contribution >= 0.6 is 0 Å². The van der Waals surface area contributed by atoms with Gasteiger partial charge in [0.1, 0.15) is 0 Å². The normalized spacial score (nSPS) is 13.9. The lowest BCUT2D eigenvalue weighted by Crippen LogP contribution is -2.30. The van der Waals surface area contributed by atoms with Crippen LogP contribution in [0.15, 0.2) is 48.7 Å². The standard InChI is InChI=1S/C14H17N.C7H9N3O/c1-2-15-10-8-14(9-11-15)12-13-6-4-3-5-7-13;1-5-4-6(2-3-9-5)10-7(8)11/h1,3-7,14H,8-12H2;2-4H,1H3,(H3,8,9,10,11). The Morgan fingerprint density at radius 1 is 1.31 bits per heavy atom. The van der Waals surface area contributed by atoms with Crippen molar-refractivity contribution in [3.05, 3.63) is 59.9 Å². The van der Waals surface area contributed by atoms with Crippen molar-refractivity contribution in [2.45, 2.75) is 26.2 Å². The second-order valence-electron chi connectivity index (χ2n) is 6.42. The van der Waals surface area contributed by atoms with E-state index in [2.05, 4.69) is 51.6 Å². The zero-order valence-electron chi connectivity index (χ0n) is 15.2. The van der Waals surface area contributed by atoms with Crippen LogP contribution in [0.4, 0.5) is 10.5 Å². The van der Waals surface area contributed by atoms with Crippen molar-refractivity contribution in [3.8, 4) is 12.5 Å². The number of hydrogen-bond acceptors (Lipinski definition) is 3. The van der Waals surface area contributed by atoms with Crippen molar-refractivity contribution in [3.63, 3.8) is 0 Å². The van der Waals surface area contributed by atoms with E-state index in [1.165, 1.54) is 24.8 Å². The number of piperidine rings is 1. The van der Waals surface area contributed by atoms with E-state index in [-0.39, 0.29) is 0 Å². The maximum absolute atomic E-state index is 10.4. The first-order valence-electron chi connectivity index (χ1n) is 8.81. The number of benzene rings is 1. The number of carbonyl (C=O) groups excluding carboxylic acids is 1. The number of likely N-dealkylation sites (tertiary alicyclic amines) is 1. The number of primary amides is 1. The number of terminal acetylenes is 1. The van der Waals surface area contributed by atoms with Crippen LogP contribution in [0, 0.1) is 25.3 Å². The minimum Gasteiger partial charge on any atom is -0.351 e. The first-order chi connectivity index (χ1) is 12.6. The van der Waals surface area contributed by atoms with Gasteiger partial charge in [-0.1, -0.05) is 36.8 Å². The van der Waals surface area contributed by atoms with Gasteiger partial charge in [0.25, 0.3) is 0 Å². The number of nitrogens with zero attached hydrogens (tertiary/aromatic N) is 2. The number of urea groups is 1. The third-order valence-corrected chi connectivity index (χ3v) is 4.33. The highest BCUT2D eigenvalue weighted by molar-refractivity contribution is 5.87. The lowest BCUT2D eigenvalue weighted by molar-refractivity contribution is 0.254. The van der Waals surface area contributed by atoms with Gasteiger partial charge < -0.3 is 16.0 Å². The number of aryl methyl sites for hydroxylation is 1. The molecule has 0 radical (unpaired) electrons. The largest absolute Gasteiger partial charge is 0.351 e. The first kappa shape index (κ1) is 19.3. The van der Waals surface area contributed by atoms with Gasteiger partial charge in [-0.15, -0.1) is 0 Å². The second-order valence-corrected chi connectivity index (χ2v) is 6.42. The Hall–Kier alpha value is -3.00. The van der Waals surface area contributed by atoms with Crippen molar-refractivity contribution in [1.29, 1.82) is 0 Å². The van der Waals surface area contributed by atoms with Crippen LogP contribution in [0.5, 0.6) is 0 Å². The van der Waals surface area contributed by atoms with Gasteiger partial charge >= 0.3 is 6.03 Å². The summed E-state index contributed by atoms with van der Waals surface area (Å²) in [6, 6.07) is 16.3. The molecule has 0 unspecified atom stereocenters. The molecule has 5 nitrogen and oxygen atoms in total. The molecule has 1 saturated heterocycles. The summed E-state index contributed by atoms with van der Waals surface area (Å²) in [5.74, 6) is 0.817. The van der Waals surface area contributed by atoms with E-state index in [0.717, 1.165) is 24.7 Å². The molecule has 3 N–H and O–H groups in total. The third kappa shape index (κ3) is 6.86. The maximum atomic E-state index is 10.4. The highest BCUT2D eigenvalue weighted by atomic mass is 16.2. The summed E-state index contributed by atoms with van der Waals surface area (Å²) in [6.45, 7) is 3.97. The Bertz CT molecular complexity index is 731. The summed E-state index contributed by atoms with van der Waals surface area (Å²) in [4.78, 5) is 16.4. The van der Waals surface area contributed by atoms with Gasteiger partial charge in [-0.25, -0.2) is 4.79 Å². The van der Waals surface area contributed by atoms with Gasteiger partial charge in [-0.3, -0.25) is 4.98 Å². The van der Waals surface area contributed by atoms with Gasteiger partial charge in [0.2, 0.25) is 0 Å². The molecule has 0 bridgehead atoms. The van der Waals surface area contributed by atoms with Crippen LogP contribution < -0.4 is 11.1 Å². The number of anilines is 1. The molecule has 1 aliphatic heterocycles. The average Bonchev–Trinajstić information content (AvgIpc) is 2.63. The molecule has 0 saturated carbocycles. The minimum absolute atomic E-state index is 0.560. The molecular weight excluding hydrogens is 324 g/mol. The molecule has 2 amide bonds. The number of pyridine rings is 1. The second kappa shape index (κ2) is 10.1. The molecule has 1 aromatic heterocycles. The Labute approximate surface area is 155 Å². The monoisotopic (exact) mass is 350 g/mol. The fourth-order valence-corrected chi connectivity index (χ4v) is 2.98. The minimum atomic E-state index is -0.560. The van der Waals surface area contributed by atoms with Crippen molar-refractivity contribution in [1.82, 2.24) is 9.88 Å². The topological polar surface area (TPSA) is 71.2 Å². The van der Waals surface area contributed by atoms with Crippen LogP contribution in [0.25, 0.3) is 0 Å². The van der Waals surface area contributed by atoms with Gasteiger partial charge in [0, 0.05) is 36.7 Å². The molecule has 2 aromatic rings. The maximum Gasteiger partial charge on any atom is 0.316 e.